The molecule has 1 aromatic rings. The van der Waals surface area contributed by atoms with Crippen LogP contribution < -0.4 is 5.32 Å². The molecule has 1 unspecified atom stereocenters. The fourth-order valence-electron chi connectivity index (χ4n) is 3.02. The van der Waals surface area contributed by atoms with Crippen LogP contribution in [0.15, 0.2) is 40.5 Å². The number of benzene rings is 1. The van der Waals surface area contributed by atoms with Crippen molar-refractivity contribution in [1.29, 1.82) is 0 Å². The second kappa shape index (κ2) is 6.48. The SMILES string of the molecule is C=N/C=C1\C(=C(/C)c2ccc3c(c2)CCC(=O)N3)COCC1O. The number of aliphatic imine (C=N–C) groups is 1. The van der Waals surface area contributed by atoms with Crippen LogP contribution in [0.1, 0.15) is 24.5 Å². The van der Waals surface area contributed by atoms with Crippen molar-refractivity contribution < 1.29 is 14.6 Å². The zero-order chi connectivity index (χ0) is 16.4. The number of anilines is 1. The van der Waals surface area contributed by atoms with E-state index in [1.807, 2.05) is 19.1 Å². The van der Waals surface area contributed by atoms with E-state index in [4.69, 9.17) is 4.74 Å². The maximum atomic E-state index is 11.5. The molecule has 1 atom stereocenters. The van der Waals surface area contributed by atoms with Crippen LogP contribution in [-0.2, 0) is 16.0 Å². The Morgan fingerprint density at radius 2 is 2.30 bits per heavy atom. The van der Waals surface area contributed by atoms with Crippen LogP contribution in [0.4, 0.5) is 5.69 Å². The Labute approximate surface area is 135 Å². The van der Waals surface area contributed by atoms with E-state index in [1.165, 1.54) is 0 Å². The van der Waals surface area contributed by atoms with Gasteiger partial charge in [0.25, 0.3) is 0 Å². The largest absolute Gasteiger partial charge is 0.386 e. The standard InChI is InChI=1S/C18H20N2O3/c1-11(15-9-23-10-17(21)14(15)8-19-2)12-3-5-16-13(7-12)4-6-18(22)20-16/h3,5,7-8,17,21H,2,4,6,9-10H2,1H3,(H,20,22)/b14-8+,15-11+. The minimum Gasteiger partial charge on any atom is -0.386 e. The topological polar surface area (TPSA) is 70.9 Å². The number of carbonyl (C=O) groups is 1. The highest BCUT2D eigenvalue weighted by molar-refractivity contribution is 5.94. The van der Waals surface area contributed by atoms with E-state index in [9.17, 15) is 9.90 Å². The number of hydrogen-bond donors (Lipinski definition) is 2. The second-order valence-electron chi connectivity index (χ2n) is 5.82. The quantitative estimate of drug-likeness (QED) is 0.823. The van der Waals surface area contributed by atoms with Crippen LogP contribution in [0, 0.1) is 0 Å². The Balaban J connectivity index is 2.01. The van der Waals surface area contributed by atoms with E-state index >= 15 is 0 Å². The second-order valence-corrected chi connectivity index (χ2v) is 5.82. The number of hydrogen-bond acceptors (Lipinski definition) is 4. The lowest BCUT2D eigenvalue weighted by atomic mass is 9.90. The van der Waals surface area contributed by atoms with Gasteiger partial charge in [0.1, 0.15) is 6.10 Å². The molecule has 2 heterocycles. The molecule has 1 aromatic carbocycles. The van der Waals surface area contributed by atoms with Crippen molar-refractivity contribution in [1.82, 2.24) is 0 Å². The maximum absolute atomic E-state index is 11.5. The Hall–Kier alpha value is -2.24. The third-order valence-electron chi connectivity index (χ3n) is 4.35. The predicted octanol–water partition coefficient (Wildman–Crippen LogP) is 2.32. The van der Waals surface area contributed by atoms with Crippen molar-refractivity contribution in [2.45, 2.75) is 25.9 Å². The average Bonchev–Trinajstić information content (AvgIpc) is 2.55. The summed E-state index contributed by atoms with van der Waals surface area (Å²) in [5, 5.41) is 13.0. The zero-order valence-corrected chi connectivity index (χ0v) is 13.1. The summed E-state index contributed by atoms with van der Waals surface area (Å²) in [7, 11) is 0. The highest BCUT2D eigenvalue weighted by atomic mass is 16.5. The van der Waals surface area contributed by atoms with Gasteiger partial charge in [-0.05, 0) is 54.5 Å². The molecule has 5 nitrogen and oxygen atoms in total. The normalized spacial score (nSPS) is 24.9. The summed E-state index contributed by atoms with van der Waals surface area (Å²) < 4.78 is 5.47. The van der Waals surface area contributed by atoms with Crippen molar-refractivity contribution >= 4 is 23.9 Å². The molecule has 2 aliphatic rings. The van der Waals surface area contributed by atoms with Gasteiger partial charge in [-0.3, -0.25) is 9.79 Å². The molecule has 1 fully saturated rings. The molecule has 0 saturated carbocycles. The number of aryl methyl sites for hydroxylation is 1. The van der Waals surface area contributed by atoms with Crippen LogP contribution in [0.2, 0.25) is 0 Å². The number of ether oxygens (including phenoxy) is 1. The van der Waals surface area contributed by atoms with E-state index in [1.54, 1.807) is 6.20 Å². The molecule has 2 N–H and O–H groups in total. The number of nitrogens with one attached hydrogen (secondary N) is 1. The van der Waals surface area contributed by atoms with Crippen molar-refractivity contribution in [2.24, 2.45) is 4.99 Å². The summed E-state index contributed by atoms with van der Waals surface area (Å²) in [5.41, 5.74) is 5.81. The third-order valence-corrected chi connectivity index (χ3v) is 4.35. The molecule has 3 rings (SSSR count). The summed E-state index contributed by atoms with van der Waals surface area (Å²) in [4.78, 5) is 15.3. The number of aliphatic hydroxyl groups is 1. The van der Waals surface area contributed by atoms with E-state index < -0.39 is 6.10 Å². The van der Waals surface area contributed by atoms with Gasteiger partial charge in [0.2, 0.25) is 5.91 Å². The summed E-state index contributed by atoms with van der Waals surface area (Å²) in [5.74, 6) is 0.0615. The summed E-state index contributed by atoms with van der Waals surface area (Å²) >= 11 is 0. The Kier molecular flexibility index (Phi) is 4.41. The smallest absolute Gasteiger partial charge is 0.224 e. The van der Waals surface area contributed by atoms with Crippen LogP contribution in [0.5, 0.6) is 0 Å². The van der Waals surface area contributed by atoms with Crippen LogP contribution >= 0.6 is 0 Å². The number of amides is 1. The van der Waals surface area contributed by atoms with E-state index in [0.717, 1.165) is 40.0 Å². The molecule has 0 radical (unpaired) electrons. The molecular formula is C18H20N2O3. The minimum absolute atomic E-state index is 0.0615. The molecule has 0 bridgehead atoms. The number of carbonyl (C=O) groups excluding carboxylic acids is 1. The molecule has 0 spiro atoms. The van der Waals surface area contributed by atoms with E-state index in [0.29, 0.717) is 13.0 Å². The molecule has 2 aliphatic heterocycles. The lowest BCUT2D eigenvalue weighted by Gasteiger charge is -2.26. The Bertz CT molecular complexity index is 719. The molecular weight excluding hydrogens is 292 g/mol. The van der Waals surface area contributed by atoms with Gasteiger partial charge in [-0.25, -0.2) is 0 Å². The number of allylic oxidation sites excluding steroid dienone is 1. The first-order valence-electron chi connectivity index (χ1n) is 7.65. The van der Waals surface area contributed by atoms with Crippen molar-refractivity contribution in [3.8, 4) is 0 Å². The van der Waals surface area contributed by atoms with Crippen molar-refractivity contribution in [3.63, 3.8) is 0 Å². The van der Waals surface area contributed by atoms with Gasteiger partial charge in [0.05, 0.1) is 13.2 Å². The highest BCUT2D eigenvalue weighted by Crippen LogP contribution is 2.32. The first-order valence-corrected chi connectivity index (χ1v) is 7.65. The average molecular weight is 312 g/mol. The van der Waals surface area contributed by atoms with Gasteiger partial charge >= 0.3 is 0 Å². The number of fused-ring (bicyclic) bond motifs is 1. The summed E-state index contributed by atoms with van der Waals surface area (Å²) in [6, 6.07) is 6.00. The molecule has 5 heteroatoms. The van der Waals surface area contributed by atoms with Gasteiger partial charge < -0.3 is 15.2 Å². The van der Waals surface area contributed by atoms with Gasteiger partial charge in [-0.1, -0.05) is 6.07 Å². The molecule has 0 aromatic heterocycles. The fourth-order valence-corrected chi connectivity index (χ4v) is 3.02. The molecule has 23 heavy (non-hydrogen) atoms. The van der Waals surface area contributed by atoms with Gasteiger partial charge in [-0.15, -0.1) is 0 Å². The van der Waals surface area contributed by atoms with Crippen LogP contribution in [0.25, 0.3) is 5.57 Å². The van der Waals surface area contributed by atoms with Crippen molar-refractivity contribution in [3.05, 3.63) is 46.7 Å². The van der Waals surface area contributed by atoms with Crippen molar-refractivity contribution in [2.75, 3.05) is 18.5 Å². The fraction of sp³-hybridized carbons (Fsp3) is 0.333. The number of aliphatic hydroxyl groups excluding tert-OH is 1. The molecule has 1 amide bonds. The van der Waals surface area contributed by atoms with Gasteiger partial charge in [0.15, 0.2) is 0 Å². The Morgan fingerprint density at radius 3 is 3.09 bits per heavy atom. The lowest BCUT2D eigenvalue weighted by Crippen LogP contribution is -2.27. The van der Waals surface area contributed by atoms with Crippen LogP contribution in [-0.4, -0.2) is 37.0 Å². The van der Waals surface area contributed by atoms with Gasteiger partial charge in [0, 0.05) is 23.9 Å². The highest BCUT2D eigenvalue weighted by Gasteiger charge is 2.24. The lowest BCUT2D eigenvalue weighted by molar-refractivity contribution is -0.116. The first kappa shape index (κ1) is 15.6. The van der Waals surface area contributed by atoms with E-state index in [2.05, 4.69) is 23.1 Å². The molecule has 0 aliphatic carbocycles. The first-order chi connectivity index (χ1) is 11.1. The van der Waals surface area contributed by atoms with Gasteiger partial charge in [-0.2, -0.15) is 0 Å². The molecule has 120 valence electrons. The monoisotopic (exact) mass is 312 g/mol. The minimum atomic E-state index is -0.684. The Morgan fingerprint density at radius 1 is 1.48 bits per heavy atom. The number of nitrogens with zero attached hydrogens (tertiary/aromatic N) is 1. The maximum Gasteiger partial charge on any atom is 0.224 e. The summed E-state index contributed by atoms with van der Waals surface area (Å²) in [6.45, 7) is 6.20. The zero-order valence-electron chi connectivity index (χ0n) is 13.1. The van der Waals surface area contributed by atoms with Crippen LogP contribution in [0.3, 0.4) is 0 Å². The number of rotatable bonds is 2. The third kappa shape index (κ3) is 3.11. The predicted molar refractivity (Wildman–Crippen MR) is 90.4 cm³/mol. The van der Waals surface area contributed by atoms with E-state index in [-0.39, 0.29) is 12.5 Å². The summed E-state index contributed by atoms with van der Waals surface area (Å²) in [6.07, 6.45) is 2.17. The molecule has 1 saturated heterocycles.